The molecule has 2 rings (SSSR count). The topological polar surface area (TPSA) is 43.3 Å². The number of nitrogens with zero attached hydrogens (tertiary/aromatic N) is 2. The fraction of sp³-hybridized carbons (Fsp3) is 0.444. The number of hydrogen-bond acceptors (Lipinski definition) is 3. The highest BCUT2D eigenvalue weighted by Gasteiger charge is 2.03. The van der Waals surface area contributed by atoms with Gasteiger partial charge in [-0.05, 0) is 19.8 Å². The van der Waals surface area contributed by atoms with E-state index < -0.39 is 0 Å². The predicted octanol–water partition coefficient (Wildman–Crippen LogP) is 1.68. The normalized spacial score (nSPS) is 13.7. The predicted molar refractivity (Wildman–Crippen MR) is 55.0 cm³/mol. The SMILES string of the molecule is CC(N)CCc1cn2ccsc2n1. The summed E-state index contributed by atoms with van der Waals surface area (Å²) in [4.78, 5) is 5.54. The quantitative estimate of drug-likeness (QED) is 0.809. The van der Waals surface area contributed by atoms with E-state index in [0.29, 0.717) is 0 Å². The van der Waals surface area contributed by atoms with Crippen LogP contribution in [0.5, 0.6) is 0 Å². The fourth-order valence-electron chi connectivity index (χ4n) is 1.27. The van der Waals surface area contributed by atoms with Crippen LogP contribution in [0.15, 0.2) is 17.8 Å². The Kier molecular flexibility index (Phi) is 2.33. The first kappa shape index (κ1) is 8.72. The van der Waals surface area contributed by atoms with Crippen LogP contribution in [0.4, 0.5) is 0 Å². The van der Waals surface area contributed by atoms with Crippen molar-refractivity contribution in [2.75, 3.05) is 0 Å². The summed E-state index contributed by atoms with van der Waals surface area (Å²) >= 11 is 1.66. The molecule has 2 heterocycles. The van der Waals surface area contributed by atoms with Crippen molar-refractivity contribution in [1.29, 1.82) is 0 Å². The van der Waals surface area contributed by atoms with Crippen LogP contribution in [0, 0.1) is 0 Å². The van der Waals surface area contributed by atoms with E-state index in [0.717, 1.165) is 23.5 Å². The molecular formula is C9H13N3S. The zero-order valence-corrected chi connectivity index (χ0v) is 8.42. The van der Waals surface area contributed by atoms with Crippen molar-refractivity contribution in [2.45, 2.75) is 25.8 Å². The van der Waals surface area contributed by atoms with Gasteiger partial charge >= 0.3 is 0 Å². The van der Waals surface area contributed by atoms with Crippen molar-refractivity contribution in [3.8, 4) is 0 Å². The van der Waals surface area contributed by atoms with E-state index in [9.17, 15) is 0 Å². The Morgan fingerprint density at radius 3 is 3.23 bits per heavy atom. The smallest absolute Gasteiger partial charge is 0.193 e. The van der Waals surface area contributed by atoms with Gasteiger partial charge in [-0.3, -0.25) is 4.40 Å². The van der Waals surface area contributed by atoms with E-state index >= 15 is 0 Å². The van der Waals surface area contributed by atoms with Crippen LogP contribution in [0.25, 0.3) is 4.96 Å². The van der Waals surface area contributed by atoms with E-state index in [2.05, 4.69) is 15.6 Å². The first-order valence-electron chi connectivity index (χ1n) is 4.42. The van der Waals surface area contributed by atoms with Gasteiger partial charge in [0.1, 0.15) is 0 Å². The van der Waals surface area contributed by atoms with Gasteiger partial charge in [0.05, 0.1) is 5.69 Å². The molecule has 3 nitrogen and oxygen atoms in total. The highest BCUT2D eigenvalue weighted by molar-refractivity contribution is 7.15. The number of aromatic nitrogens is 2. The van der Waals surface area contributed by atoms with Gasteiger partial charge in [-0.2, -0.15) is 0 Å². The minimum atomic E-state index is 0.264. The van der Waals surface area contributed by atoms with Crippen molar-refractivity contribution < 1.29 is 0 Å². The molecule has 2 aromatic heterocycles. The number of nitrogens with two attached hydrogens (primary N) is 1. The van der Waals surface area contributed by atoms with Gasteiger partial charge in [0.15, 0.2) is 4.96 Å². The number of hydrogen-bond donors (Lipinski definition) is 1. The maximum Gasteiger partial charge on any atom is 0.193 e. The summed E-state index contributed by atoms with van der Waals surface area (Å²) in [5, 5.41) is 2.04. The number of thiazole rings is 1. The molecule has 70 valence electrons. The van der Waals surface area contributed by atoms with E-state index in [-0.39, 0.29) is 6.04 Å². The Hall–Kier alpha value is -0.870. The Balaban J connectivity index is 2.11. The minimum Gasteiger partial charge on any atom is -0.328 e. The highest BCUT2D eigenvalue weighted by Crippen LogP contribution is 2.12. The van der Waals surface area contributed by atoms with Gasteiger partial charge in [0.25, 0.3) is 0 Å². The average molecular weight is 195 g/mol. The molecule has 0 aliphatic rings. The molecule has 1 atom stereocenters. The van der Waals surface area contributed by atoms with Crippen molar-refractivity contribution in [1.82, 2.24) is 9.38 Å². The van der Waals surface area contributed by atoms with Crippen molar-refractivity contribution in [3.63, 3.8) is 0 Å². The lowest BCUT2D eigenvalue weighted by atomic mass is 10.2. The summed E-state index contributed by atoms with van der Waals surface area (Å²) in [6.45, 7) is 2.03. The maximum atomic E-state index is 5.68. The summed E-state index contributed by atoms with van der Waals surface area (Å²) in [5.74, 6) is 0. The molecule has 0 saturated heterocycles. The van der Waals surface area contributed by atoms with Crippen LogP contribution < -0.4 is 5.73 Å². The molecule has 1 unspecified atom stereocenters. The largest absolute Gasteiger partial charge is 0.328 e. The molecule has 0 bridgehead atoms. The first-order chi connectivity index (χ1) is 6.25. The summed E-state index contributed by atoms with van der Waals surface area (Å²) in [6.07, 6.45) is 6.09. The molecule has 13 heavy (non-hydrogen) atoms. The van der Waals surface area contributed by atoms with E-state index in [1.54, 1.807) is 11.3 Å². The van der Waals surface area contributed by atoms with Gasteiger partial charge in [-0.1, -0.05) is 0 Å². The molecule has 2 N–H and O–H groups in total. The summed E-state index contributed by atoms with van der Waals surface area (Å²) in [5.41, 5.74) is 6.82. The molecule has 0 amide bonds. The monoisotopic (exact) mass is 195 g/mol. The lowest BCUT2D eigenvalue weighted by molar-refractivity contribution is 0.660. The summed E-state index contributed by atoms with van der Waals surface area (Å²) in [6, 6.07) is 0.264. The maximum absolute atomic E-state index is 5.68. The van der Waals surface area contributed by atoms with Gasteiger partial charge in [0.2, 0.25) is 0 Å². The van der Waals surface area contributed by atoms with Crippen LogP contribution in [-0.4, -0.2) is 15.4 Å². The summed E-state index contributed by atoms with van der Waals surface area (Å²) < 4.78 is 2.06. The van der Waals surface area contributed by atoms with E-state index in [4.69, 9.17) is 5.73 Å². The number of fused-ring (bicyclic) bond motifs is 1. The Morgan fingerprint density at radius 1 is 1.69 bits per heavy atom. The second kappa shape index (κ2) is 3.47. The third-order valence-electron chi connectivity index (χ3n) is 2.00. The number of aryl methyl sites for hydroxylation is 1. The third-order valence-corrected chi connectivity index (χ3v) is 2.77. The van der Waals surface area contributed by atoms with Crippen molar-refractivity contribution in [3.05, 3.63) is 23.5 Å². The average Bonchev–Trinajstić information content (AvgIpc) is 2.58. The van der Waals surface area contributed by atoms with Crippen LogP contribution in [0.1, 0.15) is 19.0 Å². The molecule has 0 aliphatic carbocycles. The van der Waals surface area contributed by atoms with Gasteiger partial charge in [0, 0.05) is 23.8 Å². The van der Waals surface area contributed by atoms with Crippen LogP contribution in [-0.2, 0) is 6.42 Å². The van der Waals surface area contributed by atoms with Crippen LogP contribution in [0.2, 0.25) is 0 Å². The second-order valence-electron chi connectivity index (χ2n) is 3.34. The standard InChI is InChI=1S/C9H13N3S/c1-7(10)2-3-8-6-12-4-5-13-9(12)11-8/h4-7H,2-3,10H2,1H3. The third kappa shape index (κ3) is 1.89. The first-order valence-corrected chi connectivity index (χ1v) is 5.30. The minimum absolute atomic E-state index is 0.264. The van der Waals surface area contributed by atoms with Crippen LogP contribution >= 0.6 is 11.3 Å². The molecule has 4 heteroatoms. The Labute approximate surface area is 81.2 Å². The van der Waals surface area contributed by atoms with E-state index in [1.807, 2.05) is 18.5 Å². The molecule has 0 fully saturated rings. The molecule has 0 saturated carbocycles. The zero-order valence-electron chi connectivity index (χ0n) is 7.60. The molecule has 0 radical (unpaired) electrons. The van der Waals surface area contributed by atoms with Crippen molar-refractivity contribution in [2.24, 2.45) is 5.73 Å². The fourth-order valence-corrected chi connectivity index (χ4v) is 1.99. The molecular weight excluding hydrogens is 182 g/mol. The lowest BCUT2D eigenvalue weighted by Crippen LogP contribution is -2.15. The Morgan fingerprint density at radius 2 is 2.54 bits per heavy atom. The van der Waals surface area contributed by atoms with Crippen LogP contribution in [0.3, 0.4) is 0 Å². The summed E-state index contributed by atoms with van der Waals surface area (Å²) in [7, 11) is 0. The van der Waals surface area contributed by atoms with Gasteiger partial charge < -0.3 is 5.73 Å². The molecule has 0 aromatic carbocycles. The second-order valence-corrected chi connectivity index (χ2v) is 4.21. The lowest BCUT2D eigenvalue weighted by Gasteiger charge is -2.00. The highest BCUT2D eigenvalue weighted by atomic mass is 32.1. The van der Waals surface area contributed by atoms with E-state index in [1.165, 1.54) is 0 Å². The van der Waals surface area contributed by atoms with Gasteiger partial charge in [-0.15, -0.1) is 11.3 Å². The van der Waals surface area contributed by atoms with Gasteiger partial charge in [-0.25, -0.2) is 4.98 Å². The number of imidazole rings is 1. The Bertz CT molecular complexity index is 360. The molecule has 0 spiro atoms. The number of rotatable bonds is 3. The zero-order chi connectivity index (χ0) is 9.26. The molecule has 2 aromatic rings. The molecule has 0 aliphatic heterocycles. The van der Waals surface area contributed by atoms with Crippen molar-refractivity contribution >= 4 is 16.3 Å².